The molecular formula is C34H26N4O9. The van der Waals surface area contributed by atoms with Crippen molar-refractivity contribution in [1.29, 1.82) is 0 Å². The minimum Gasteiger partial charge on any atom is -0.451 e. The van der Waals surface area contributed by atoms with Crippen molar-refractivity contribution in [3.8, 4) is 0 Å². The minimum atomic E-state index is -1.71. The van der Waals surface area contributed by atoms with Gasteiger partial charge in [-0.15, -0.1) is 10.2 Å². The molecule has 4 aromatic carbocycles. The molecule has 1 saturated heterocycles. The molecule has 13 nitrogen and oxygen atoms in total. The van der Waals surface area contributed by atoms with Crippen molar-refractivity contribution in [3.63, 3.8) is 0 Å². The predicted octanol–water partition coefficient (Wildman–Crippen LogP) is 4.13. The van der Waals surface area contributed by atoms with E-state index in [1.807, 2.05) is 0 Å². The number of hydrogen-bond donors (Lipinski definition) is 1. The summed E-state index contributed by atoms with van der Waals surface area (Å²) in [5.41, 5.74) is 0.625. The molecule has 1 fully saturated rings. The molecule has 0 bridgehead atoms. The molecule has 5 aromatic rings. The maximum absolute atomic E-state index is 13.6. The van der Waals surface area contributed by atoms with E-state index in [-0.39, 0.29) is 28.1 Å². The summed E-state index contributed by atoms with van der Waals surface area (Å²) in [4.78, 5) is 53.8. The lowest BCUT2D eigenvalue weighted by atomic mass is 9.96. The number of hydrogen-bond acceptors (Lipinski definition) is 12. The number of nitrogens with one attached hydrogen (secondary N) is 1. The third kappa shape index (κ3) is 7.21. The molecule has 1 aromatic heterocycles. The Morgan fingerprint density at radius 1 is 0.511 bits per heavy atom. The van der Waals surface area contributed by atoms with Crippen LogP contribution in [0.1, 0.15) is 53.4 Å². The van der Waals surface area contributed by atoms with Gasteiger partial charge in [-0.2, -0.15) is 5.21 Å². The minimum absolute atomic E-state index is 0.120. The monoisotopic (exact) mass is 634 g/mol. The van der Waals surface area contributed by atoms with Gasteiger partial charge in [0, 0.05) is 0 Å². The lowest BCUT2D eigenvalue weighted by molar-refractivity contribution is -0.282. The summed E-state index contributed by atoms with van der Waals surface area (Å²) < 4.78 is 29.7. The van der Waals surface area contributed by atoms with Crippen LogP contribution in [0.25, 0.3) is 0 Å². The van der Waals surface area contributed by atoms with Gasteiger partial charge in [0.2, 0.25) is 18.2 Å². The number of carbonyl (C=O) groups excluding carboxylic acids is 4. The highest BCUT2D eigenvalue weighted by Crippen LogP contribution is 2.37. The first-order valence-electron chi connectivity index (χ1n) is 14.4. The van der Waals surface area contributed by atoms with E-state index >= 15 is 0 Å². The highest BCUT2D eigenvalue weighted by molar-refractivity contribution is 5.92. The normalized spacial score (nSPS) is 20.4. The Morgan fingerprint density at radius 3 is 1.30 bits per heavy atom. The van der Waals surface area contributed by atoms with Crippen molar-refractivity contribution in [2.45, 2.75) is 30.7 Å². The fourth-order valence-corrected chi connectivity index (χ4v) is 4.84. The molecule has 0 radical (unpaired) electrons. The summed E-state index contributed by atoms with van der Waals surface area (Å²) in [6, 6.07) is 32.1. The van der Waals surface area contributed by atoms with Crippen molar-refractivity contribution in [2.75, 3.05) is 0 Å². The second-order valence-corrected chi connectivity index (χ2v) is 10.2. The number of nitrogens with zero attached hydrogens (tertiary/aromatic N) is 3. The average Bonchev–Trinajstić information content (AvgIpc) is 3.67. The lowest BCUT2D eigenvalue weighted by Gasteiger charge is -2.43. The molecule has 0 amide bonds. The molecule has 1 unspecified atom stereocenters. The quantitative estimate of drug-likeness (QED) is 0.182. The number of tetrazole rings is 1. The van der Waals surface area contributed by atoms with Gasteiger partial charge >= 0.3 is 23.9 Å². The van der Waals surface area contributed by atoms with Crippen LogP contribution >= 0.6 is 0 Å². The zero-order valence-electron chi connectivity index (χ0n) is 24.4. The molecule has 1 aliphatic rings. The van der Waals surface area contributed by atoms with Gasteiger partial charge < -0.3 is 23.7 Å². The average molecular weight is 635 g/mol. The molecule has 0 spiro atoms. The number of esters is 4. The SMILES string of the molecule is O=C(O[C@H]1OC(c2nn[nH]n2)[C@@H](OC(=O)c2ccccc2)[C@H](OC(=O)c2ccccc2)[C@H]1OC(=O)c1ccccc1)c1ccccc1. The van der Waals surface area contributed by atoms with E-state index in [1.54, 1.807) is 72.8 Å². The number of aromatic amines is 1. The Labute approximate surface area is 267 Å². The fourth-order valence-electron chi connectivity index (χ4n) is 4.84. The third-order valence-electron chi connectivity index (χ3n) is 7.10. The van der Waals surface area contributed by atoms with E-state index in [0.29, 0.717) is 0 Å². The third-order valence-corrected chi connectivity index (χ3v) is 7.10. The molecule has 5 atom stereocenters. The Kier molecular flexibility index (Phi) is 9.35. The molecular weight excluding hydrogens is 608 g/mol. The lowest BCUT2D eigenvalue weighted by Crippen LogP contribution is -2.59. The Bertz CT molecular complexity index is 1810. The van der Waals surface area contributed by atoms with Crippen molar-refractivity contribution in [1.82, 2.24) is 20.6 Å². The standard InChI is InChI=1S/C34H26N4O9/c39-30(21-13-5-1-6-14-21)43-25-26(44-31(40)22-15-7-2-8-16-22)28(45-32(41)23-17-9-3-10-18-23)34(46-27(25)29-35-37-38-36-29)47-33(42)24-19-11-4-12-20-24/h1-20,25-28,34H,(H,35,36,37,38)/t25-,26-,27?,28+,34+/m0/s1. The van der Waals surface area contributed by atoms with Crippen LogP contribution in [0.3, 0.4) is 0 Å². The Morgan fingerprint density at radius 2 is 0.894 bits per heavy atom. The summed E-state index contributed by atoms with van der Waals surface area (Å²) in [5, 5.41) is 13.9. The Balaban J connectivity index is 1.44. The molecule has 236 valence electrons. The van der Waals surface area contributed by atoms with Crippen molar-refractivity contribution >= 4 is 23.9 Å². The van der Waals surface area contributed by atoms with Gasteiger partial charge in [-0.3, -0.25) is 0 Å². The molecule has 1 N–H and O–H groups in total. The first-order valence-corrected chi connectivity index (χ1v) is 14.4. The van der Waals surface area contributed by atoms with Gasteiger partial charge in [-0.05, 0) is 48.5 Å². The molecule has 2 heterocycles. The number of rotatable bonds is 9. The second-order valence-electron chi connectivity index (χ2n) is 10.2. The zero-order chi connectivity index (χ0) is 32.6. The van der Waals surface area contributed by atoms with E-state index in [4.69, 9.17) is 23.7 Å². The number of carbonyl (C=O) groups is 4. The number of aromatic nitrogens is 4. The van der Waals surface area contributed by atoms with Crippen molar-refractivity contribution in [3.05, 3.63) is 149 Å². The molecule has 6 rings (SSSR count). The van der Waals surface area contributed by atoms with E-state index in [0.717, 1.165) is 0 Å². The fraction of sp³-hybridized carbons (Fsp3) is 0.147. The summed E-state index contributed by atoms with van der Waals surface area (Å²) in [6.07, 6.45) is -7.93. The number of ether oxygens (including phenoxy) is 5. The van der Waals surface area contributed by atoms with Crippen LogP contribution in [0.15, 0.2) is 121 Å². The smallest absolute Gasteiger partial charge is 0.340 e. The maximum atomic E-state index is 13.6. The summed E-state index contributed by atoms with van der Waals surface area (Å²) in [7, 11) is 0. The highest BCUT2D eigenvalue weighted by atomic mass is 16.7. The van der Waals surface area contributed by atoms with Crippen LogP contribution in [-0.2, 0) is 23.7 Å². The first kappa shape index (κ1) is 30.8. The van der Waals surface area contributed by atoms with Crippen LogP contribution in [-0.4, -0.2) is 69.1 Å². The van der Waals surface area contributed by atoms with Gasteiger partial charge in [0.1, 0.15) is 0 Å². The van der Waals surface area contributed by atoms with E-state index in [1.165, 1.54) is 48.5 Å². The van der Waals surface area contributed by atoms with Gasteiger partial charge in [-0.25, -0.2) is 19.2 Å². The predicted molar refractivity (Wildman–Crippen MR) is 161 cm³/mol. The summed E-state index contributed by atoms with van der Waals surface area (Å²) >= 11 is 0. The number of H-pyrrole nitrogens is 1. The van der Waals surface area contributed by atoms with Crippen molar-refractivity contribution < 1.29 is 42.9 Å². The van der Waals surface area contributed by atoms with Crippen LogP contribution in [0.4, 0.5) is 0 Å². The van der Waals surface area contributed by atoms with E-state index < -0.39 is 54.6 Å². The van der Waals surface area contributed by atoms with Crippen LogP contribution in [0.5, 0.6) is 0 Å². The van der Waals surface area contributed by atoms with Gasteiger partial charge in [0.15, 0.2) is 18.3 Å². The van der Waals surface area contributed by atoms with Crippen LogP contribution in [0.2, 0.25) is 0 Å². The molecule has 0 aliphatic carbocycles. The molecule has 1 aliphatic heterocycles. The van der Waals surface area contributed by atoms with Crippen molar-refractivity contribution in [2.24, 2.45) is 0 Å². The van der Waals surface area contributed by atoms with Crippen LogP contribution < -0.4 is 0 Å². The summed E-state index contributed by atoms with van der Waals surface area (Å²) in [6.45, 7) is 0. The van der Waals surface area contributed by atoms with E-state index in [2.05, 4.69) is 20.6 Å². The molecule has 47 heavy (non-hydrogen) atoms. The molecule has 13 heteroatoms. The summed E-state index contributed by atoms with van der Waals surface area (Å²) in [5.74, 6) is -3.48. The maximum Gasteiger partial charge on any atom is 0.340 e. The molecule has 0 saturated carbocycles. The highest BCUT2D eigenvalue weighted by Gasteiger charge is 2.56. The van der Waals surface area contributed by atoms with Gasteiger partial charge in [0.05, 0.1) is 22.3 Å². The van der Waals surface area contributed by atoms with Gasteiger partial charge in [-0.1, -0.05) is 78.0 Å². The zero-order valence-corrected chi connectivity index (χ0v) is 24.4. The largest absolute Gasteiger partial charge is 0.451 e. The van der Waals surface area contributed by atoms with Crippen LogP contribution in [0, 0.1) is 0 Å². The van der Waals surface area contributed by atoms with E-state index in [9.17, 15) is 19.2 Å². The van der Waals surface area contributed by atoms with Gasteiger partial charge in [0.25, 0.3) is 0 Å². The second kappa shape index (κ2) is 14.3. The topological polar surface area (TPSA) is 169 Å². The first-order chi connectivity index (χ1) is 23.0. The number of benzene rings is 4. The Hall–Kier alpha value is -6.21.